The third-order valence-electron chi connectivity index (χ3n) is 5.85. The highest BCUT2D eigenvalue weighted by molar-refractivity contribution is 5.95. The first-order valence-corrected chi connectivity index (χ1v) is 12.0. The van der Waals surface area contributed by atoms with E-state index >= 15 is 0 Å². The van der Waals surface area contributed by atoms with E-state index in [1.165, 1.54) is 45.5 Å². The summed E-state index contributed by atoms with van der Waals surface area (Å²) in [4.78, 5) is 55.4. The van der Waals surface area contributed by atoms with Gasteiger partial charge in [-0.3, -0.25) is 23.2 Å². The summed E-state index contributed by atoms with van der Waals surface area (Å²) in [6, 6.07) is 12.3. The number of carbonyl (C=O) groups excluding carboxylic acids is 2. The molecule has 0 fully saturated rings. The predicted octanol–water partition coefficient (Wildman–Crippen LogP) is 2.27. The zero-order valence-corrected chi connectivity index (χ0v) is 22.1. The molecule has 0 spiro atoms. The summed E-state index contributed by atoms with van der Waals surface area (Å²) < 4.78 is 19.7. The number of fused-ring (bicyclic) bond motifs is 2. The molecule has 0 saturated carbocycles. The molecular formula is C28H24FN5O7. The van der Waals surface area contributed by atoms with E-state index in [0.29, 0.717) is 5.56 Å². The highest BCUT2D eigenvalue weighted by Gasteiger charge is 2.19. The average Bonchev–Trinajstić information content (AvgIpc) is 2.96. The normalized spacial score (nSPS) is 10.6. The Hall–Kier alpha value is -5.59. The summed E-state index contributed by atoms with van der Waals surface area (Å²) in [5.74, 6) is -3.32. The molecule has 13 heteroatoms. The van der Waals surface area contributed by atoms with Crippen molar-refractivity contribution in [1.29, 1.82) is 0 Å². The van der Waals surface area contributed by atoms with Crippen LogP contribution in [0.5, 0.6) is 11.5 Å². The summed E-state index contributed by atoms with van der Waals surface area (Å²) in [6.07, 6.45) is 3.07. The van der Waals surface area contributed by atoms with E-state index in [1.54, 1.807) is 38.1 Å². The molecular weight excluding hydrogens is 537 g/mol. The van der Waals surface area contributed by atoms with E-state index in [-0.39, 0.29) is 35.0 Å². The number of hydrogen-bond donors (Lipinski definition) is 3. The number of nitrogens with one attached hydrogen (secondary N) is 1. The smallest absolute Gasteiger partial charge is 0.360 e. The Morgan fingerprint density at radius 1 is 0.829 bits per heavy atom. The topological polar surface area (TPSA) is 165 Å². The van der Waals surface area contributed by atoms with Crippen LogP contribution >= 0.6 is 0 Å². The largest absolute Gasteiger partial charge is 0.501 e. The van der Waals surface area contributed by atoms with Crippen LogP contribution in [0.1, 0.15) is 37.7 Å². The summed E-state index contributed by atoms with van der Waals surface area (Å²) in [7, 11) is 1.15. The Kier molecular flexibility index (Phi) is 8.08. The number of pyridine rings is 2. The number of amides is 1. The van der Waals surface area contributed by atoms with Crippen molar-refractivity contribution in [1.82, 2.24) is 24.1 Å². The molecule has 0 atom stereocenters. The van der Waals surface area contributed by atoms with E-state index < -0.39 is 34.5 Å². The lowest BCUT2D eigenvalue weighted by atomic mass is 10.2. The number of hydrogen-bond acceptors (Lipinski definition) is 9. The van der Waals surface area contributed by atoms with Crippen LogP contribution in [-0.2, 0) is 11.3 Å². The molecule has 41 heavy (non-hydrogen) atoms. The molecule has 3 N–H and O–H groups in total. The van der Waals surface area contributed by atoms with Crippen molar-refractivity contribution in [3.05, 3.63) is 116 Å². The van der Waals surface area contributed by atoms with Gasteiger partial charge in [-0.05, 0) is 54.8 Å². The first-order valence-electron chi connectivity index (χ1n) is 12.0. The second-order valence-corrected chi connectivity index (χ2v) is 8.90. The lowest BCUT2D eigenvalue weighted by molar-refractivity contribution is 0.0590. The zero-order chi connectivity index (χ0) is 29.8. The van der Waals surface area contributed by atoms with Crippen molar-refractivity contribution in [2.45, 2.75) is 20.4 Å². The number of ether oxygens (including phenoxy) is 1. The van der Waals surface area contributed by atoms with E-state index in [9.17, 15) is 33.8 Å². The molecule has 0 radical (unpaired) electrons. The van der Waals surface area contributed by atoms with E-state index in [2.05, 4.69) is 20.0 Å². The maximum Gasteiger partial charge on any atom is 0.360 e. The molecule has 210 valence electrons. The third-order valence-corrected chi connectivity index (χ3v) is 5.85. The number of aromatic hydroxyl groups is 2. The molecule has 0 saturated heterocycles. The Bertz CT molecular complexity index is 1920. The molecule has 5 aromatic rings. The Labute approximate surface area is 231 Å². The second kappa shape index (κ2) is 11.7. The van der Waals surface area contributed by atoms with Gasteiger partial charge in [-0.25, -0.2) is 19.2 Å². The van der Waals surface area contributed by atoms with E-state index in [1.807, 2.05) is 0 Å². The van der Waals surface area contributed by atoms with Crippen LogP contribution in [0.25, 0.3) is 11.3 Å². The lowest BCUT2D eigenvalue weighted by Crippen LogP contribution is -2.27. The summed E-state index contributed by atoms with van der Waals surface area (Å²) in [5, 5.41) is 22.1. The zero-order valence-electron chi connectivity index (χ0n) is 22.1. The van der Waals surface area contributed by atoms with Crippen LogP contribution in [-0.4, -0.2) is 48.0 Å². The number of carbonyl (C=O) groups is 2. The average molecular weight is 562 g/mol. The molecule has 1 aromatic carbocycles. The monoisotopic (exact) mass is 561 g/mol. The Morgan fingerprint density at radius 2 is 1.32 bits per heavy atom. The fraction of sp³-hybridized carbons (Fsp3) is 0.143. The molecule has 5 rings (SSSR count). The number of halogens is 1. The van der Waals surface area contributed by atoms with Crippen LogP contribution in [0.3, 0.4) is 0 Å². The minimum absolute atomic E-state index is 0.119. The fourth-order valence-corrected chi connectivity index (χ4v) is 3.74. The highest BCUT2D eigenvalue weighted by Crippen LogP contribution is 2.13. The number of nitrogens with zero attached hydrogens (tertiary/aromatic N) is 4. The maximum absolute atomic E-state index is 12.9. The van der Waals surface area contributed by atoms with Crippen LogP contribution in [0.2, 0.25) is 0 Å². The van der Waals surface area contributed by atoms with Gasteiger partial charge in [0.25, 0.3) is 5.91 Å². The van der Waals surface area contributed by atoms with Gasteiger partial charge in [-0.1, -0.05) is 24.3 Å². The first kappa shape index (κ1) is 28.4. The molecule has 0 aliphatic heterocycles. The highest BCUT2D eigenvalue weighted by atomic mass is 19.1. The summed E-state index contributed by atoms with van der Waals surface area (Å²) >= 11 is 0. The van der Waals surface area contributed by atoms with Crippen molar-refractivity contribution in [3.63, 3.8) is 0 Å². The van der Waals surface area contributed by atoms with Crippen LogP contribution in [0, 0.1) is 19.7 Å². The Morgan fingerprint density at radius 3 is 1.83 bits per heavy atom. The SMILES string of the molecule is COC(=O)c1nc2ccc(C)cn2c(=O)c1O.Cc1ccc2nc(C(=O)NCc3ccc(F)cc3)c(O)c(=O)n2c1. The standard InChI is InChI=1S/C17H14FN3O3.C11H10N2O4/c1-10-2-7-13-20-14(15(22)17(24)21(13)9-10)16(23)19-8-11-3-5-12(18)6-4-11;1-6-3-4-7-12-8(11(16)17-2)9(14)10(15)13(7)5-6/h2-7,9,22H,8H2,1H3,(H,19,23);3-5,14H,1-2H3. The summed E-state index contributed by atoms with van der Waals surface area (Å²) in [6.45, 7) is 3.72. The molecule has 4 heterocycles. The van der Waals surface area contributed by atoms with Gasteiger partial charge in [0, 0.05) is 18.9 Å². The van der Waals surface area contributed by atoms with Gasteiger partial charge in [0.2, 0.25) is 11.5 Å². The molecule has 12 nitrogen and oxygen atoms in total. The van der Waals surface area contributed by atoms with Crippen molar-refractivity contribution < 1.29 is 28.9 Å². The number of methoxy groups -OCH3 is 1. The predicted molar refractivity (Wildman–Crippen MR) is 145 cm³/mol. The summed E-state index contributed by atoms with van der Waals surface area (Å²) in [5.41, 5.74) is 0.750. The number of esters is 1. The lowest BCUT2D eigenvalue weighted by Gasteiger charge is -2.08. The van der Waals surface area contributed by atoms with Crippen LogP contribution in [0.4, 0.5) is 4.39 Å². The van der Waals surface area contributed by atoms with Crippen molar-refractivity contribution >= 4 is 23.2 Å². The minimum atomic E-state index is -0.845. The maximum atomic E-state index is 12.9. The van der Waals surface area contributed by atoms with Gasteiger partial charge >= 0.3 is 17.1 Å². The van der Waals surface area contributed by atoms with Crippen molar-refractivity contribution in [2.24, 2.45) is 0 Å². The third kappa shape index (κ3) is 6.03. The second-order valence-electron chi connectivity index (χ2n) is 8.90. The van der Waals surface area contributed by atoms with E-state index in [4.69, 9.17) is 0 Å². The number of benzene rings is 1. The van der Waals surface area contributed by atoms with Crippen LogP contribution in [0.15, 0.2) is 70.5 Å². The molecule has 0 aliphatic rings. The van der Waals surface area contributed by atoms with Crippen molar-refractivity contribution in [3.8, 4) is 11.5 Å². The molecule has 0 aliphatic carbocycles. The first-order chi connectivity index (χ1) is 19.5. The number of rotatable bonds is 4. The van der Waals surface area contributed by atoms with Gasteiger partial charge in [0.1, 0.15) is 17.1 Å². The van der Waals surface area contributed by atoms with Gasteiger partial charge in [-0.15, -0.1) is 0 Å². The van der Waals surface area contributed by atoms with E-state index in [0.717, 1.165) is 18.2 Å². The molecule has 4 aromatic heterocycles. The Balaban J connectivity index is 0.000000201. The molecule has 1 amide bonds. The fourth-order valence-electron chi connectivity index (χ4n) is 3.74. The van der Waals surface area contributed by atoms with Gasteiger partial charge in [0.15, 0.2) is 11.4 Å². The van der Waals surface area contributed by atoms with Gasteiger partial charge < -0.3 is 20.3 Å². The quantitative estimate of drug-likeness (QED) is 0.279. The molecule has 0 bridgehead atoms. The van der Waals surface area contributed by atoms with Gasteiger partial charge in [0.05, 0.1) is 7.11 Å². The number of aromatic nitrogens is 4. The van der Waals surface area contributed by atoms with Crippen molar-refractivity contribution in [2.75, 3.05) is 7.11 Å². The number of aryl methyl sites for hydroxylation is 2. The van der Waals surface area contributed by atoms with Gasteiger partial charge in [-0.2, -0.15) is 0 Å². The minimum Gasteiger partial charge on any atom is -0.501 e. The van der Waals surface area contributed by atoms with Crippen LogP contribution < -0.4 is 16.4 Å². The molecule has 0 unspecified atom stereocenters.